The minimum atomic E-state index is -0.744. The minimum Gasteiger partial charge on any atom is -0.442 e. The van der Waals surface area contributed by atoms with Crippen molar-refractivity contribution in [3.05, 3.63) is 35.9 Å². The average Bonchev–Trinajstić information content (AvgIpc) is 2.16. The number of nitrogens with one attached hydrogen (secondary N) is 1. The molecule has 88 valence electrons. The Balaban J connectivity index is 2.32. The number of nitrogens with two attached hydrogens (primary N) is 1. The third-order valence-corrected chi connectivity index (χ3v) is 2.10. The zero-order valence-corrected chi connectivity index (χ0v) is 9.69. The highest BCUT2D eigenvalue weighted by Gasteiger charge is 2.20. The largest absolute Gasteiger partial charge is 0.442 e. The van der Waals surface area contributed by atoms with Crippen LogP contribution in [0.25, 0.3) is 0 Å². The van der Waals surface area contributed by atoms with Crippen LogP contribution in [0.15, 0.2) is 30.3 Å². The van der Waals surface area contributed by atoms with E-state index in [1.165, 1.54) is 5.56 Å². The predicted octanol–water partition coefficient (Wildman–Crippen LogP) is 1.65. The van der Waals surface area contributed by atoms with E-state index in [0.717, 1.165) is 6.54 Å². The van der Waals surface area contributed by atoms with Gasteiger partial charge in [-0.05, 0) is 19.4 Å². The second kappa shape index (κ2) is 5.51. The predicted molar refractivity (Wildman–Crippen MR) is 62.9 cm³/mol. The van der Waals surface area contributed by atoms with Crippen molar-refractivity contribution in [3.8, 4) is 0 Å². The van der Waals surface area contributed by atoms with Crippen LogP contribution in [0.4, 0.5) is 4.79 Å². The number of carbonyl (C=O) groups is 1. The Morgan fingerprint density at radius 1 is 1.38 bits per heavy atom. The van der Waals surface area contributed by atoms with Crippen LogP contribution in [0.5, 0.6) is 0 Å². The summed E-state index contributed by atoms with van der Waals surface area (Å²) in [5.41, 5.74) is 5.58. The maximum Gasteiger partial charge on any atom is 0.405 e. The lowest BCUT2D eigenvalue weighted by atomic mass is 10.1. The molecule has 0 aromatic heterocycles. The van der Waals surface area contributed by atoms with Crippen molar-refractivity contribution in [1.82, 2.24) is 5.32 Å². The molecule has 0 spiro atoms. The van der Waals surface area contributed by atoms with Crippen molar-refractivity contribution in [2.75, 3.05) is 6.54 Å². The average molecular weight is 222 g/mol. The second-order valence-corrected chi connectivity index (χ2v) is 4.27. The normalized spacial score (nSPS) is 11.1. The van der Waals surface area contributed by atoms with Gasteiger partial charge in [0.1, 0.15) is 5.60 Å². The molecule has 0 unspecified atom stereocenters. The Labute approximate surface area is 95.8 Å². The molecule has 0 bridgehead atoms. The number of ether oxygens (including phenoxy) is 1. The van der Waals surface area contributed by atoms with Crippen LogP contribution >= 0.6 is 0 Å². The van der Waals surface area contributed by atoms with Gasteiger partial charge in [-0.25, -0.2) is 4.79 Å². The Morgan fingerprint density at radius 2 is 2.00 bits per heavy atom. The quantitative estimate of drug-likeness (QED) is 0.796. The summed E-state index contributed by atoms with van der Waals surface area (Å²) in [7, 11) is 0. The summed E-state index contributed by atoms with van der Waals surface area (Å²) < 4.78 is 4.95. The molecule has 1 rings (SSSR count). The summed E-state index contributed by atoms with van der Waals surface area (Å²) in [6.07, 6.45) is -0.744. The molecular weight excluding hydrogens is 204 g/mol. The van der Waals surface area contributed by atoms with Crippen LogP contribution in [-0.4, -0.2) is 18.2 Å². The van der Waals surface area contributed by atoms with Gasteiger partial charge in [0.25, 0.3) is 0 Å². The van der Waals surface area contributed by atoms with E-state index in [-0.39, 0.29) is 0 Å². The highest BCUT2D eigenvalue weighted by molar-refractivity contribution is 5.65. The van der Waals surface area contributed by atoms with E-state index in [1.807, 2.05) is 44.2 Å². The number of rotatable bonds is 5. The van der Waals surface area contributed by atoms with Gasteiger partial charge in [-0.3, -0.25) is 0 Å². The lowest BCUT2D eigenvalue weighted by molar-refractivity contribution is 0.0455. The lowest BCUT2D eigenvalue weighted by Crippen LogP contribution is -2.40. The molecule has 0 aliphatic carbocycles. The molecule has 0 saturated heterocycles. The van der Waals surface area contributed by atoms with Gasteiger partial charge >= 0.3 is 6.09 Å². The zero-order chi connectivity index (χ0) is 12.0. The molecule has 0 aliphatic heterocycles. The Kier molecular flexibility index (Phi) is 4.31. The number of benzene rings is 1. The van der Waals surface area contributed by atoms with E-state index >= 15 is 0 Å². The summed E-state index contributed by atoms with van der Waals surface area (Å²) in [5, 5.41) is 3.21. The lowest BCUT2D eigenvalue weighted by Gasteiger charge is -2.24. The Bertz CT molecular complexity index is 336. The van der Waals surface area contributed by atoms with Crippen LogP contribution in [0.1, 0.15) is 19.4 Å². The first-order valence-corrected chi connectivity index (χ1v) is 5.23. The van der Waals surface area contributed by atoms with Crippen LogP contribution in [0.2, 0.25) is 0 Å². The number of hydrogen-bond acceptors (Lipinski definition) is 3. The van der Waals surface area contributed by atoms with Crippen molar-refractivity contribution in [2.24, 2.45) is 5.73 Å². The maximum absolute atomic E-state index is 10.6. The van der Waals surface area contributed by atoms with Gasteiger partial charge in [0.2, 0.25) is 0 Å². The van der Waals surface area contributed by atoms with E-state index in [9.17, 15) is 4.79 Å². The van der Waals surface area contributed by atoms with Crippen molar-refractivity contribution in [1.29, 1.82) is 0 Å². The topological polar surface area (TPSA) is 64.3 Å². The molecule has 0 radical (unpaired) electrons. The van der Waals surface area contributed by atoms with Crippen molar-refractivity contribution in [3.63, 3.8) is 0 Å². The van der Waals surface area contributed by atoms with Gasteiger partial charge in [-0.2, -0.15) is 0 Å². The molecule has 0 fully saturated rings. The molecule has 0 aliphatic rings. The van der Waals surface area contributed by atoms with Gasteiger partial charge in [0, 0.05) is 13.1 Å². The molecule has 4 heteroatoms. The van der Waals surface area contributed by atoms with Gasteiger partial charge < -0.3 is 15.8 Å². The van der Waals surface area contributed by atoms with E-state index in [0.29, 0.717) is 6.54 Å². The number of amides is 1. The van der Waals surface area contributed by atoms with Gasteiger partial charge in [-0.1, -0.05) is 30.3 Å². The van der Waals surface area contributed by atoms with Crippen LogP contribution in [-0.2, 0) is 11.3 Å². The maximum atomic E-state index is 10.6. The van der Waals surface area contributed by atoms with E-state index < -0.39 is 11.7 Å². The smallest absolute Gasteiger partial charge is 0.405 e. The van der Waals surface area contributed by atoms with Crippen molar-refractivity contribution < 1.29 is 9.53 Å². The molecule has 0 heterocycles. The number of primary amides is 1. The van der Waals surface area contributed by atoms with Gasteiger partial charge in [-0.15, -0.1) is 0 Å². The monoisotopic (exact) mass is 222 g/mol. The van der Waals surface area contributed by atoms with Gasteiger partial charge in [0.15, 0.2) is 0 Å². The second-order valence-electron chi connectivity index (χ2n) is 4.27. The summed E-state index contributed by atoms with van der Waals surface area (Å²) in [5.74, 6) is 0. The summed E-state index contributed by atoms with van der Waals surface area (Å²) >= 11 is 0. The molecule has 1 amide bonds. The van der Waals surface area contributed by atoms with Gasteiger partial charge in [0.05, 0.1) is 0 Å². The fourth-order valence-corrected chi connectivity index (χ4v) is 1.41. The Hall–Kier alpha value is -1.55. The first-order chi connectivity index (χ1) is 7.49. The number of carbonyl (C=O) groups excluding carboxylic acids is 1. The molecule has 4 nitrogen and oxygen atoms in total. The fourth-order valence-electron chi connectivity index (χ4n) is 1.41. The third kappa shape index (κ3) is 4.79. The van der Waals surface area contributed by atoms with Crippen LogP contribution in [0, 0.1) is 0 Å². The zero-order valence-electron chi connectivity index (χ0n) is 9.69. The Morgan fingerprint density at radius 3 is 2.56 bits per heavy atom. The van der Waals surface area contributed by atoms with Crippen molar-refractivity contribution >= 4 is 6.09 Å². The first kappa shape index (κ1) is 12.5. The van der Waals surface area contributed by atoms with E-state index in [2.05, 4.69) is 5.32 Å². The molecule has 3 N–H and O–H groups in total. The molecule has 0 atom stereocenters. The van der Waals surface area contributed by atoms with E-state index in [4.69, 9.17) is 10.5 Å². The van der Waals surface area contributed by atoms with E-state index in [1.54, 1.807) is 0 Å². The van der Waals surface area contributed by atoms with Crippen LogP contribution in [0.3, 0.4) is 0 Å². The summed E-state index contributed by atoms with van der Waals surface area (Å²) in [6, 6.07) is 10.0. The molecular formula is C12H18N2O2. The SMILES string of the molecule is CC(C)(CNCc1ccccc1)OC(N)=O. The first-order valence-electron chi connectivity index (χ1n) is 5.23. The molecule has 1 aromatic rings. The number of hydrogen-bond donors (Lipinski definition) is 2. The van der Waals surface area contributed by atoms with Crippen LogP contribution < -0.4 is 11.1 Å². The fraction of sp³-hybridized carbons (Fsp3) is 0.417. The minimum absolute atomic E-state index is 0.560. The summed E-state index contributed by atoms with van der Waals surface area (Å²) in [6.45, 7) is 4.93. The summed E-state index contributed by atoms with van der Waals surface area (Å²) in [4.78, 5) is 10.6. The highest BCUT2D eigenvalue weighted by atomic mass is 16.6. The highest BCUT2D eigenvalue weighted by Crippen LogP contribution is 2.07. The molecule has 16 heavy (non-hydrogen) atoms. The molecule has 1 aromatic carbocycles. The molecule has 0 saturated carbocycles. The third-order valence-electron chi connectivity index (χ3n) is 2.10. The van der Waals surface area contributed by atoms with Crippen molar-refractivity contribution in [2.45, 2.75) is 26.0 Å². The standard InChI is InChI=1S/C12H18N2O2/c1-12(2,16-11(13)15)9-14-8-10-6-4-3-5-7-10/h3-7,14H,8-9H2,1-2H3,(H2,13,15).